The summed E-state index contributed by atoms with van der Waals surface area (Å²) in [4.78, 5) is 0.758. The minimum atomic E-state index is 0.731. The fraction of sp³-hybridized carbons (Fsp3) is 1.00. The van der Waals surface area contributed by atoms with Crippen LogP contribution in [-0.2, 0) is 0 Å². The second-order valence-corrected chi connectivity index (χ2v) is 7.49. The molecule has 80 valence electrons. The number of alkyl halides is 1. The third-order valence-corrected chi connectivity index (χ3v) is 6.26. The monoisotopic (exact) mass is 256 g/mol. The van der Waals surface area contributed by atoms with Crippen LogP contribution < -0.4 is 0 Å². The average molecular weight is 257 g/mol. The van der Waals surface area contributed by atoms with Gasteiger partial charge in [0.15, 0.2) is 0 Å². The molecule has 0 heterocycles. The zero-order chi connectivity index (χ0) is 9.76. The molecule has 0 aromatic carbocycles. The number of fused-ring (bicyclic) bond motifs is 2. The molecule has 3 aliphatic carbocycles. The number of hydrogen-bond donors (Lipinski definition) is 0. The Labute approximate surface area is 96.0 Å². The average Bonchev–Trinajstić information content (AvgIpc) is 2.66. The van der Waals surface area contributed by atoms with Crippen molar-refractivity contribution in [2.24, 2.45) is 23.2 Å². The topological polar surface area (TPSA) is 0 Å². The van der Waals surface area contributed by atoms with E-state index >= 15 is 0 Å². The van der Waals surface area contributed by atoms with E-state index in [9.17, 15) is 0 Å². The molecule has 0 N–H and O–H groups in total. The van der Waals surface area contributed by atoms with Gasteiger partial charge in [0, 0.05) is 4.83 Å². The molecule has 0 aromatic heterocycles. The number of rotatable bonds is 3. The molecule has 3 fully saturated rings. The Kier molecular flexibility index (Phi) is 2.24. The Bertz CT molecular complexity index is 229. The van der Waals surface area contributed by atoms with Gasteiger partial charge in [-0.25, -0.2) is 0 Å². The Morgan fingerprint density at radius 1 is 1.29 bits per heavy atom. The van der Waals surface area contributed by atoms with Gasteiger partial charge < -0.3 is 0 Å². The lowest BCUT2D eigenvalue weighted by Gasteiger charge is -2.28. The lowest BCUT2D eigenvalue weighted by atomic mass is 9.80. The van der Waals surface area contributed by atoms with Crippen LogP contribution in [0.25, 0.3) is 0 Å². The largest absolute Gasteiger partial charge is 0.0888 e. The van der Waals surface area contributed by atoms with Gasteiger partial charge in [-0.3, -0.25) is 0 Å². The predicted octanol–water partition coefficient (Wildman–Crippen LogP) is 4.38. The maximum atomic E-state index is 3.82. The zero-order valence-corrected chi connectivity index (χ0v) is 10.7. The minimum absolute atomic E-state index is 0.731. The van der Waals surface area contributed by atoms with E-state index in [0.29, 0.717) is 0 Å². The molecular weight excluding hydrogens is 236 g/mol. The highest BCUT2D eigenvalue weighted by molar-refractivity contribution is 9.09. The molecule has 3 saturated carbocycles. The highest BCUT2D eigenvalue weighted by atomic mass is 79.9. The van der Waals surface area contributed by atoms with Gasteiger partial charge in [0.05, 0.1) is 0 Å². The molecule has 0 aliphatic heterocycles. The molecule has 0 amide bonds. The molecule has 3 rings (SSSR count). The van der Waals surface area contributed by atoms with Gasteiger partial charge in [-0.15, -0.1) is 0 Å². The van der Waals surface area contributed by atoms with Crippen LogP contribution in [0.2, 0.25) is 0 Å². The van der Waals surface area contributed by atoms with E-state index in [4.69, 9.17) is 0 Å². The van der Waals surface area contributed by atoms with Crippen LogP contribution in [0, 0.1) is 23.2 Å². The third kappa shape index (κ3) is 1.47. The molecule has 2 bridgehead atoms. The standard InChI is InChI=1S/C13H21Br/c1-9(14)13(4-5-13)8-12-7-10-2-3-11(12)6-10/h9-12H,2-8H2,1H3. The van der Waals surface area contributed by atoms with E-state index in [2.05, 4.69) is 22.9 Å². The second-order valence-electron chi connectivity index (χ2n) is 6.12. The molecule has 0 saturated heterocycles. The first-order valence-electron chi connectivity index (χ1n) is 6.34. The highest BCUT2D eigenvalue weighted by Gasteiger charge is 2.51. The first kappa shape index (κ1) is 9.69. The van der Waals surface area contributed by atoms with Crippen molar-refractivity contribution in [2.45, 2.75) is 56.7 Å². The quantitative estimate of drug-likeness (QED) is 0.658. The Hall–Kier alpha value is 0.480. The van der Waals surface area contributed by atoms with E-state index in [1.54, 1.807) is 32.1 Å². The molecular formula is C13H21Br. The first-order valence-corrected chi connectivity index (χ1v) is 7.25. The van der Waals surface area contributed by atoms with Crippen molar-refractivity contribution in [3.05, 3.63) is 0 Å². The van der Waals surface area contributed by atoms with Crippen LogP contribution >= 0.6 is 15.9 Å². The molecule has 0 spiro atoms. The summed E-state index contributed by atoms with van der Waals surface area (Å²) in [5.41, 5.74) is 0.731. The number of hydrogen-bond acceptors (Lipinski definition) is 0. The Morgan fingerprint density at radius 2 is 2.07 bits per heavy atom. The summed E-state index contributed by atoms with van der Waals surface area (Å²) in [6.07, 6.45) is 10.8. The fourth-order valence-corrected chi connectivity index (χ4v) is 4.72. The zero-order valence-electron chi connectivity index (χ0n) is 9.14. The van der Waals surface area contributed by atoms with Crippen LogP contribution in [0.3, 0.4) is 0 Å². The summed E-state index contributed by atoms with van der Waals surface area (Å²) < 4.78 is 0. The van der Waals surface area contributed by atoms with Crippen molar-refractivity contribution >= 4 is 15.9 Å². The summed E-state index contributed by atoms with van der Waals surface area (Å²) in [6.45, 7) is 2.36. The van der Waals surface area contributed by atoms with Crippen LogP contribution in [0.5, 0.6) is 0 Å². The van der Waals surface area contributed by atoms with Crippen LogP contribution in [0.15, 0.2) is 0 Å². The smallest absolute Gasteiger partial charge is 0.0174 e. The Morgan fingerprint density at radius 3 is 2.50 bits per heavy atom. The van der Waals surface area contributed by atoms with Crippen LogP contribution in [0.4, 0.5) is 0 Å². The van der Waals surface area contributed by atoms with Gasteiger partial charge >= 0.3 is 0 Å². The molecule has 0 radical (unpaired) electrons. The molecule has 4 atom stereocenters. The molecule has 14 heavy (non-hydrogen) atoms. The van der Waals surface area contributed by atoms with Gasteiger partial charge in [-0.05, 0) is 61.7 Å². The highest BCUT2D eigenvalue weighted by Crippen LogP contribution is 2.60. The lowest BCUT2D eigenvalue weighted by Crippen LogP contribution is -2.20. The van der Waals surface area contributed by atoms with Gasteiger partial charge in [0.2, 0.25) is 0 Å². The van der Waals surface area contributed by atoms with Crippen LogP contribution in [0.1, 0.15) is 51.9 Å². The minimum Gasteiger partial charge on any atom is -0.0888 e. The van der Waals surface area contributed by atoms with E-state index in [1.807, 2.05) is 0 Å². The van der Waals surface area contributed by atoms with Crippen LogP contribution in [-0.4, -0.2) is 4.83 Å². The normalized spacial score (nSPS) is 45.4. The molecule has 3 aliphatic rings. The summed E-state index contributed by atoms with van der Waals surface area (Å²) in [5, 5.41) is 0. The summed E-state index contributed by atoms with van der Waals surface area (Å²) >= 11 is 3.82. The summed E-state index contributed by atoms with van der Waals surface area (Å²) in [7, 11) is 0. The molecule has 4 unspecified atom stereocenters. The van der Waals surface area contributed by atoms with Gasteiger partial charge in [-0.1, -0.05) is 29.3 Å². The van der Waals surface area contributed by atoms with Crippen molar-refractivity contribution in [2.75, 3.05) is 0 Å². The maximum Gasteiger partial charge on any atom is 0.0174 e. The molecule has 0 nitrogen and oxygen atoms in total. The van der Waals surface area contributed by atoms with Crippen molar-refractivity contribution in [1.29, 1.82) is 0 Å². The van der Waals surface area contributed by atoms with E-state index in [0.717, 1.165) is 28.0 Å². The summed E-state index contributed by atoms with van der Waals surface area (Å²) in [5.74, 6) is 3.37. The van der Waals surface area contributed by atoms with E-state index in [-0.39, 0.29) is 0 Å². The first-order chi connectivity index (χ1) is 6.70. The second kappa shape index (κ2) is 3.23. The maximum absolute atomic E-state index is 3.82. The predicted molar refractivity (Wildman–Crippen MR) is 63.6 cm³/mol. The lowest BCUT2D eigenvalue weighted by molar-refractivity contribution is 0.256. The number of halogens is 1. The van der Waals surface area contributed by atoms with Crippen molar-refractivity contribution in [3.8, 4) is 0 Å². The SMILES string of the molecule is CC(Br)C1(CC2CC3CCC2C3)CC1. The fourth-order valence-electron chi connectivity index (χ4n) is 4.07. The third-order valence-electron chi connectivity index (χ3n) is 5.29. The van der Waals surface area contributed by atoms with Gasteiger partial charge in [0.1, 0.15) is 0 Å². The summed E-state index contributed by atoms with van der Waals surface area (Å²) in [6, 6.07) is 0. The Balaban J connectivity index is 1.63. The van der Waals surface area contributed by atoms with Crippen molar-refractivity contribution in [1.82, 2.24) is 0 Å². The van der Waals surface area contributed by atoms with Gasteiger partial charge in [0.25, 0.3) is 0 Å². The van der Waals surface area contributed by atoms with Crippen molar-refractivity contribution < 1.29 is 0 Å². The van der Waals surface area contributed by atoms with E-state index in [1.165, 1.54) is 12.8 Å². The molecule has 1 heteroatoms. The van der Waals surface area contributed by atoms with Crippen molar-refractivity contribution in [3.63, 3.8) is 0 Å². The van der Waals surface area contributed by atoms with Gasteiger partial charge in [-0.2, -0.15) is 0 Å². The van der Waals surface area contributed by atoms with E-state index < -0.39 is 0 Å². The molecule has 0 aromatic rings.